The molecule has 10 heteroatoms. The molecular formula is C10H14N4O5S. The molecule has 1 aliphatic rings. The molecule has 1 saturated heterocycles. The van der Waals surface area contributed by atoms with Crippen molar-refractivity contribution in [3.8, 4) is 0 Å². The lowest BCUT2D eigenvalue weighted by Crippen LogP contribution is -2.50. The second-order valence-electron chi connectivity index (χ2n) is 4.53. The lowest BCUT2D eigenvalue weighted by atomic mass is 10.2. The second-order valence-corrected chi connectivity index (χ2v) is 6.76. The van der Waals surface area contributed by atoms with Crippen LogP contribution in [-0.4, -0.2) is 53.6 Å². The summed E-state index contributed by atoms with van der Waals surface area (Å²) in [6.07, 6.45) is 0.780. The van der Waals surface area contributed by atoms with Crippen LogP contribution < -0.4 is 16.2 Å². The predicted octanol–water partition coefficient (Wildman–Crippen LogP) is -1.57. The van der Waals surface area contributed by atoms with Crippen molar-refractivity contribution in [2.24, 2.45) is 0 Å². The van der Waals surface area contributed by atoms with Gasteiger partial charge in [-0.3, -0.25) is 9.59 Å². The van der Waals surface area contributed by atoms with E-state index in [1.807, 2.05) is 0 Å². The normalized spacial score (nSPS) is 21.6. The summed E-state index contributed by atoms with van der Waals surface area (Å²) < 4.78 is 23.3. The average Bonchev–Trinajstić information content (AvgIpc) is 2.32. The van der Waals surface area contributed by atoms with Crippen LogP contribution in [0.4, 0.5) is 11.5 Å². The van der Waals surface area contributed by atoms with Crippen LogP contribution in [0.25, 0.3) is 0 Å². The monoisotopic (exact) mass is 302 g/mol. The van der Waals surface area contributed by atoms with Crippen LogP contribution in [0.3, 0.4) is 0 Å². The molecule has 0 aromatic carbocycles. The van der Waals surface area contributed by atoms with Gasteiger partial charge < -0.3 is 20.7 Å². The topological polar surface area (TPSA) is 146 Å². The first kappa shape index (κ1) is 14.3. The van der Waals surface area contributed by atoms with E-state index in [1.165, 1.54) is 4.90 Å². The van der Waals surface area contributed by atoms with Crippen LogP contribution >= 0.6 is 0 Å². The summed E-state index contributed by atoms with van der Waals surface area (Å²) in [5, 5.41) is 8.88. The minimum absolute atomic E-state index is 0.0565. The molecule has 0 aliphatic carbocycles. The third-order valence-electron chi connectivity index (χ3n) is 3.08. The Morgan fingerprint density at radius 3 is 2.95 bits per heavy atom. The molecule has 0 bridgehead atoms. The van der Waals surface area contributed by atoms with Gasteiger partial charge in [-0.25, -0.2) is 13.4 Å². The standard InChI is InChI=1S/C10H14N4O5S/c11-8-9(12-5-13-10(8)17)14-1-2-20(18,19)4-6(14)3-7(15)16/h5-6H,1-4,11H2,(H,15,16)(H,12,13,17). The number of carboxylic acids is 1. The van der Waals surface area contributed by atoms with Crippen molar-refractivity contribution >= 4 is 27.3 Å². The summed E-state index contributed by atoms with van der Waals surface area (Å²) in [5.41, 5.74) is 4.93. The maximum Gasteiger partial charge on any atom is 0.305 e. The van der Waals surface area contributed by atoms with Crippen LogP contribution in [0.15, 0.2) is 11.1 Å². The van der Waals surface area contributed by atoms with E-state index in [1.54, 1.807) is 0 Å². The number of nitrogens with zero attached hydrogens (tertiary/aromatic N) is 2. The van der Waals surface area contributed by atoms with Crippen LogP contribution in [0.5, 0.6) is 0 Å². The molecule has 0 spiro atoms. The highest BCUT2D eigenvalue weighted by Gasteiger charge is 2.34. The highest BCUT2D eigenvalue weighted by atomic mass is 32.2. The molecule has 0 amide bonds. The summed E-state index contributed by atoms with van der Waals surface area (Å²) >= 11 is 0. The molecule has 0 saturated carbocycles. The maximum atomic E-state index is 11.6. The maximum absolute atomic E-state index is 11.6. The highest BCUT2D eigenvalue weighted by Crippen LogP contribution is 2.24. The van der Waals surface area contributed by atoms with E-state index in [9.17, 15) is 18.0 Å². The Hall–Kier alpha value is -2.10. The second kappa shape index (κ2) is 5.12. The van der Waals surface area contributed by atoms with Crippen LogP contribution in [0, 0.1) is 0 Å². The zero-order valence-electron chi connectivity index (χ0n) is 10.4. The molecule has 1 unspecified atom stereocenters. The Kier molecular flexibility index (Phi) is 3.66. The van der Waals surface area contributed by atoms with Gasteiger partial charge in [0.25, 0.3) is 5.56 Å². The van der Waals surface area contributed by atoms with Crippen molar-refractivity contribution in [3.05, 3.63) is 16.7 Å². The minimum Gasteiger partial charge on any atom is -0.481 e. The zero-order valence-corrected chi connectivity index (χ0v) is 11.3. The van der Waals surface area contributed by atoms with Crippen LogP contribution in [0.1, 0.15) is 6.42 Å². The molecule has 1 fully saturated rings. The first-order chi connectivity index (χ1) is 9.30. The number of nitrogens with two attached hydrogens (primary N) is 1. The molecule has 1 aromatic heterocycles. The number of aliphatic carboxylic acids is 1. The SMILES string of the molecule is Nc1c(N2CCS(=O)(=O)CC2CC(=O)O)nc[nH]c1=O. The molecule has 110 valence electrons. The first-order valence-electron chi connectivity index (χ1n) is 5.82. The van der Waals surface area contributed by atoms with E-state index in [-0.39, 0.29) is 36.0 Å². The molecule has 0 radical (unpaired) electrons. The summed E-state index contributed by atoms with van der Waals surface area (Å²) in [7, 11) is -3.30. The molecule has 9 nitrogen and oxygen atoms in total. The van der Waals surface area contributed by atoms with Crippen molar-refractivity contribution in [2.75, 3.05) is 28.7 Å². The van der Waals surface area contributed by atoms with E-state index >= 15 is 0 Å². The predicted molar refractivity (Wildman–Crippen MR) is 71.3 cm³/mol. The number of nitrogen functional groups attached to an aromatic ring is 1. The lowest BCUT2D eigenvalue weighted by Gasteiger charge is -2.35. The van der Waals surface area contributed by atoms with Crippen molar-refractivity contribution in [1.29, 1.82) is 0 Å². The van der Waals surface area contributed by atoms with Gasteiger partial charge in [0.2, 0.25) is 0 Å². The van der Waals surface area contributed by atoms with E-state index in [4.69, 9.17) is 10.8 Å². The Balaban J connectivity index is 2.40. The van der Waals surface area contributed by atoms with E-state index in [0.29, 0.717) is 0 Å². The number of carbonyl (C=O) groups is 1. The Morgan fingerprint density at radius 2 is 2.30 bits per heavy atom. The number of anilines is 2. The van der Waals surface area contributed by atoms with E-state index in [2.05, 4.69) is 9.97 Å². The van der Waals surface area contributed by atoms with Crippen molar-refractivity contribution < 1.29 is 18.3 Å². The molecule has 2 heterocycles. The number of aromatic amines is 1. The molecule has 1 aliphatic heterocycles. The number of aromatic nitrogens is 2. The largest absolute Gasteiger partial charge is 0.481 e. The molecule has 20 heavy (non-hydrogen) atoms. The van der Waals surface area contributed by atoms with Gasteiger partial charge in [-0.1, -0.05) is 0 Å². The van der Waals surface area contributed by atoms with E-state index in [0.717, 1.165) is 6.33 Å². The average molecular weight is 302 g/mol. The Labute approximate surface area is 114 Å². The number of rotatable bonds is 3. The van der Waals surface area contributed by atoms with Gasteiger partial charge in [0, 0.05) is 6.54 Å². The molecule has 2 rings (SSSR count). The molecule has 1 atom stereocenters. The fourth-order valence-corrected chi connectivity index (χ4v) is 3.69. The number of H-pyrrole nitrogens is 1. The number of hydrogen-bond acceptors (Lipinski definition) is 7. The fourth-order valence-electron chi connectivity index (χ4n) is 2.17. The van der Waals surface area contributed by atoms with Gasteiger partial charge in [0.05, 0.1) is 30.3 Å². The summed E-state index contributed by atoms with van der Waals surface area (Å²) in [4.78, 5) is 30.0. The van der Waals surface area contributed by atoms with Gasteiger partial charge in [-0.05, 0) is 0 Å². The smallest absolute Gasteiger partial charge is 0.305 e. The van der Waals surface area contributed by atoms with Crippen molar-refractivity contribution in [3.63, 3.8) is 0 Å². The zero-order chi connectivity index (χ0) is 14.9. The first-order valence-corrected chi connectivity index (χ1v) is 7.64. The third-order valence-corrected chi connectivity index (χ3v) is 4.78. The van der Waals surface area contributed by atoms with Gasteiger partial charge >= 0.3 is 5.97 Å². The Bertz CT molecular complexity index is 683. The van der Waals surface area contributed by atoms with Crippen LogP contribution in [-0.2, 0) is 14.6 Å². The van der Waals surface area contributed by atoms with Crippen LogP contribution in [0.2, 0.25) is 0 Å². The molecule has 1 aromatic rings. The summed E-state index contributed by atoms with van der Waals surface area (Å²) in [6, 6.07) is -0.789. The number of nitrogens with one attached hydrogen (secondary N) is 1. The van der Waals surface area contributed by atoms with Crippen molar-refractivity contribution in [2.45, 2.75) is 12.5 Å². The highest BCUT2D eigenvalue weighted by molar-refractivity contribution is 7.91. The summed E-state index contributed by atoms with van der Waals surface area (Å²) in [6.45, 7) is 0.0565. The summed E-state index contributed by atoms with van der Waals surface area (Å²) in [5.74, 6) is -1.43. The Morgan fingerprint density at radius 1 is 1.60 bits per heavy atom. The van der Waals surface area contributed by atoms with E-state index < -0.39 is 27.4 Å². The number of carboxylic acid groups (broad SMARTS) is 1. The lowest BCUT2D eigenvalue weighted by molar-refractivity contribution is -0.137. The van der Waals surface area contributed by atoms with Gasteiger partial charge in [-0.15, -0.1) is 0 Å². The van der Waals surface area contributed by atoms with Gasteiger partial charge in [-0.2, -0.15) is 0 Å². The number of sulfone groups is 1. The van der Waals surface area contributed by atoms with Crippen molar-refractivity contribution in [1.82, 2.24) is 9.97 Å². The molecule has 4 N–H and O–H groups in total. The molecular weight excluding hydrogens is 288 g/mol. The fraction of sp³-hybridized carbons (Fsp3) is 0.500. The third kappa shape index (κ3) is 2.90. The minimum atomic E-state index is -3.30. The quantitative estimate of drug-likeness (QED) is 0.607. The van der Waals surface area contributed by atoms with Gasteiger partial charge in [0.1, 0.15) is 5.69 Å². The number of hydrogen-bond donors (Lipinski definition) is 3. The van der Waals surface area contributed by atoms with Gasteiger partial charge in [0.15, 0.2) is 15.7 Å².